The highest BCUT2D eigenvalue weighted by Crippen LogP contribution is 2.31. The summed E-state index contributed by atoms with van der Waals surface area (Å²) in [4.78, 5) is 15.6. The highest BCUT2D eigenvalue weighted by Gasteiger charge is 2.44. The molecule has 0 bridgehead atoms. The fraction of sp³-hybridized carbons (Fsp3) is 0.389. The first kappa shape index (κ1) is 17.9. The number of nitriles is 1. The van der Waals surface area contributed by atoms with E-state index in [9.17, 15) is 18.8 Å². The average Bonchev–Trinajstić information content (AvgIpc) is 3.27. The number of halogens is 2. The molecule has 1 saturated carbocycles. The SMILES string of the molecule is Cn1ccnc1C(F)(F)C(=O)Nc1ccc(OC2CCCC2)c(C#N)c1. The van der Waals surface area contributed by atoms with E-state index in [4.69, 9.17) is 4.74 Å². The highest BCUT2D eigenvalue weighted by molar-refractivity contribution is 5.96. The number of carbonyl (C=O) groups is 1. The number of carbonyl (C=O) groups excluding carboxylic acids is 1. The second kappa shape index (κ2) is 7.12. The normalized spacial score (nSPS) is 14.8. The summed E-state index contributed by atoms with van der Waals surface area (Å²) in [5.41, 5.74) is 0.286. The van der Waals surface area contributed by atoms with Crippen molar-refractivity contribution in [2.45, 2.75) is 37.7 Å². The van der Waals surface area contributed by atoms with Crippen molar-refractivity contribution in [1.29, 1.82) is 5.26 Å². The Morgan fingerprint density at radius 1 is 1.42 bits per heavy atom. The molecular weight excluding hydrogens is 342 g/mol. The summed E-state index contributed by atoms with van der Waals surface area (Å²) in [6.07, 6.45) is 6.62. The third kappa shape index (κ3) is 3.52. The number of alkyl halides is 2. The molecule has 2 aromatic rings. The van der Waals surface area contributed by atoms with Gasteiger partial charge in [-0.3, -0.25) is 4.79 Å². The van der Waals surface area contributed by atoms with Crippen molar-refractivity contribution in [2.75, 3.05) is 5.32 Å². The van der Waals surface area contributed by atoms with E-state index >= 15 is 0 Å². The third-order valence-corrected chi connectivity index (χ3v) is 4.34. The van der Waals surface area contributed by atoms with Crippen LogP contribution in [0.3, 0.4) is 0 Å². The molecule has 1 heterocycles. The summed E-state index contributed by atoms with van der Waals surface area (Å²) < 4.78 is 35.4. The molecule has 0 unspecified atom stereocenters. The van der Waals surface area contributed by atoms with Crippen LogP contribution in [-0.4, -0.2) is 21.6 Å². The van der Waals surface area contributed by atoms with Crippen LogP contribution >= 0.6 is 0 Å². The quantitative estimate of drug-likeness (QED) is 0.887. The zero-order valence-electron chi connectivity index (χ0n) is 14.2. The molecule has 1 aromatic heterocycles. The second-order valence-electron chi connectivity index (χ2n) is 6.24. The van der Waals surface area contributed by atoms with Gasteiger partial charge in [-0.15, -0.1) is 0 Å². The molecule has 0 saturated heterocycles. The number of aromatic nitrogens is 2. The third-order valence-electron chi connectivity index (χ3n) is 4.34. The Hall–Kier alpha value is -2.95. The maximum absolute atomic E-state index is 14.3. The van der Waals surface area contributed by atoms with Crippen LogP contribution in [0.4, 0.5) is 14.5 Å². The van der Waals surface area contributed by atoms with Gasteiger partial charge in [-0.2, -0.15) is 14.0 Å². The maximum Gasteiger partial charge on any atom is 0.381 e. The molecule has 1 aromatic carbocycles. The monoisotopic (exact) mass is 360 g/mol. The summed E-state index contributed by atoms with van der Waals surface area (Å²) >= 11 is 0. The summed E-state index contributed by atoms with van der Waals surface area (Å²) in [7, 11) is 1.38. The Morgan fingerprint density at radius 2 is 2.15 bits per heavy atom. The van der Waals surface area contributed by atoms with E-state index in [1.165, 1.54) is 37.6 Å². The molecule has 0 spiro atoms. The number of rotatable bonds is 5. The van der Waals surface area contributed by atoms with Gasteiger partial charge in [0, 0.05) is 25.1 Å². The van der Waals surface area contributed by atoms with Crippen molar-refractivity contribution in [3.05, 3.63) is 42.0 Å². The molecule has 1 amide bonds. The zero-order valence-corrected chi connectivity index (χ0v) is 14.2. The molecule has 1 N–H and O–H groups in total. The van der Waals surface area contributed by atoms with Crippen LogP contribution in [0.1, 0.15) is 37.1 Å². The van der Waals surface area contributed by atoms with Gasteiger partial charge >= 0.3 is 11.8 Å². The number of nitrogens with one attached hydrogen (secondary N) is 1. The Morgan fingerprint density at radius 3 is 2.77 bits per heavy atom. The lowest BCUT2D eigenvalue weighted by Gasteiger charge is -2.17. The van der Waals surface area contributed by atoms with Crippen LogP contribution < -0.4 is 10.1 Å². The molecular formula is C18H18F2N4O2. The van der Waals surface area contributed by atoms with E-state index in [0.29, 0.717) is 5.75 Å². The zero-order chi connectivity index (χ0) is 18.7. The van der Waals surface area contributed by atoms with E-state index in [1.54, 1.807) is 0 Å². The summed E-state index contributed by atoms with van der Waals surface area (Å²) in [6, 6.07) is 6.27. The Labute approximate surface area is 149 Å². The predicted molar refractivity (Wildman–Crippen MR) is 89.8 cm³/mol. The van der Waals surface area contributed by atoms with Gasteiger partial charge in [-0.1, -0.05) is 0 Å². The van der Waals surface area contributed by atoms with E-state index in [2.05, 4.69) is 10.3 Å². The minimum absolute atomic E-state index is 0.0651. The van der Waals surface area contributed by atoms with E-state index in [0.717, 1.165) is 30.3 Å². The van der Waals surface area contributed by atoms with Crippen LogP contribution in [0.5, 0.6) is 5.75 Å². The smallest absolute Gasteiger partial charge is 0.381 e. The number of ether oxygens (including phenoxy) is 1. The van der Waals surface area contributed by atoms with Crippen molar-refractivity contribution >= 4 is 11.6 Å². The van der Waals surface area contributed by atoms with Gasteiger partial charge in [-0.25, -0.2) is 4.98 Å². The molecule has 0 aliphatic heterocycles. The van der Waals surface area contributed by atoms with Crippen molar-refractivity contribution in [3.63, 3.8) is 0 Å². The van der Waals surface area contributed by atoms with Gasteiger partial charge in [0.2, 0.25) is 0 Å². The number of hydrogen-bond donors (Lipinski definition) is 1. The Bertz CT molecular complexity index is 851. The van der Waals surface area contributed by atoms with Crippen LogP contribution in [0.15, 0.2) is 30.6 Å². The number of anilines is 1. The van der Waals surface area contributed by atoms with Gasteiger partial charge in [0.1, 0.15) is 11.8 Å². The molecule has 136 valence electrons. The average molecular weight is 360 g/mol. The molecule has 0 radical (unpaired) electrons. The van der Waals surface area contributed by atoms with Crippen molar-refractivity contribution in [2.24, 2.45) is 7.05 Å². The lowest BCUT2D eigenvalue weighted by molar-refractivity contribution is -0.142. The van der Waals surface area contributed by atoms with Crippen molar-refractivity contribution in [1.82, 2.24) is 9.55 Å². The minimum atomic E-state index is -3.80. The number of nitrogens with zero attached hydrogens (tertiary/aromatic N) is 3. The first-order chi connectivity index (χ1) is 12.4. The first-order valence-electron chi connectivity index (χ1n) is 8.29. The van der Waals surface area contributed by atoms with Crippen LogP contribution in [0, 0.1) is 11.3 Å². The van der Waals surface area contributed by atoms with E-state index < -0.39 is 17.7 Å². The van der Waals surface area contributed by atoms with Gasteiger partial charge < -0.3 is 14.6 Å². The van der Waals surface area contributed by atoms with E-state index in [-0.39, 0.29) is 17.4 Å². The number of imidazole rings is 1. The number of hydrogen-bond acceptors (Lipinski definition) is 4. The Kier molecular flexibility index (Phi) is 4.89. The lowest BCUT2D eigenvalue weighted by Crippen LogP contribution is -2.34. The number of aryl methyl sites for hydroxylation is 1. The molecule has 6 nitrogen and oxygen atoms in total. The molecule has 26 heavy (non-hydrogen) atoms. The Balaban J connectivity index is 1.76. The minimum Gasteiger partial charge on any atom is -0.489 e. The molecule has 1 aliphatic carbocycles. The van der Waals surface area contributed by atoms with Gasteiger partial charge in [0.05, 0.1) is 11.7 Å². The fourth-order valence-corrected chi connectivity index (χ4v) is 2.96. The maximum atomic E-state index is 14.3. The van der Waals surface area contributed by atoms with Crippen LogP contribution in [0.2, 0.25) is 0 Å². The molecule has 1 fully saturated rings. The fourth-order valence-electron chi connectivity index (χ4n) is 2.96. The summed E-state index contributed by atoms with van der Waals surface area (Å²) in [5, 5.41) is 11.4. The van der Waals surface area contributed by atoms with Gasteiger partial charge in [0.25, 0.3) is 0 Å². The van der Waals surface area contributed by atoms with Crippen molar-refractivity contribution in [3.8, 4) is 11.8 Å². The highest BCUT2D eigenvalue weighted by atomic mass is 19.3. The second-order valence-corrected chi connectivity index (χ2v) is 6.24. The summed E-state index contributed by atoms with van der Waals surface area (Å²) in [5.74, 6) is -5.57. The van der Waals surface area contributed by atoms with E-state index in [1.807, 2.05) is 6.07 Å². The molecule has 0 atom stereocenters. The standard InChI is InChI=1S/C18H18F2N4O2/c1-24-9-8-22-16(24)18(19,20)17(25)23-13-6-7-15(12(10-13)11-21)26-14-4-2-3-5-14/h6-10,14H,2-5H2,1H3,(H,23,25). The van der Waals surface area contributed by atoms with Gasteiger partial charge in [0.15, 0.2) is 5.82 Å². The predicted octanol–water partition coefficient (Wildman–Crippen LogP) is 3.34. The summed E-state index contributed by atoms with van der Waals surface area (Å²) in [6.45, 7) is 0. The number of benzene rings is 1. The first-order valence-corrected chi connectivity index (χ1v) is 8.29. The molecule has 8 heteroatoms. The number of amides is 1. The molecule has 1 aliphatic rings. The topological polar surface area (TPSA) is 79.9 Å². The van der Waals surface area contributed by atoms with Crippen LogP contribution in [-0.2, 0) is 17.8 Å². The van der Waals surface area contributed by atoms with Gasteiger partial charge in [-0.05, 0) is 43.9 Å². The van der Waals surface area contributed by atoms with Crippen molar-refractivity contribution < 1.29 is 18.3 Å². The lowest BCUT2D eigenvalue weighted by atomic mass is 10.1. The largest absolute Gasteiger partial charge is 0.489 e. The molecule has 3 rings (SSSR count). The van der Waals surface area contributed by atoms with Crippen LogP contribution in [0.25, 0.3) is 0 Å².